The molecule has 0 fully saturated rings. The molecule has 0 saturated carbocycles. The van der Waals surface area contributed by atoms with E-state index in [1.807, 2.05) is 35.7 Å². The predicted molar refractivity (Wildman–Crippen MR) is 106 cm³/mol. The summed E-state index contributed by atoms with van der Waals surface area (Å²) in [5, 5.41) is 11.4. The van der Waals surface area contributed by atoms with E-state index in [9.17, 15) is 4.79 Å². The second-order valence-electron chi connectivity index (χ2n) is 5.48. The van der Waals surface area contributed by atoms with Gasteiger partial charge in [0.1, 0.15) is 0 Å². The summed E-state index contributed by atoms with van der Waals surface area (Å²) < 4.78 is 5.29. The molecule has 0 amide bonds. The molecule has 0 saturated heterocycles. The van der Waals surface area contributed by atoms with Gasteiger partial charge in [-0.1, -0.05) is 42.1 Å². The third-order valence-corrected chi connectivity index (χ3v) is 5.40. The van der Waals surface area contributed by atoms with Crippen molar-refractivity contribution in [1.82, 2.24) is 9.97 Å². The lowest BCUT2D eigenvalue weighted by molar-refractivity contribution is -0.136. The largest absolute Gasteiger partial charge is 0.490 e. The first-order valence-electron chi connectivity index (χ1n) is 7.90. The zero-order chi connectivity index (χ0) is 19.2. The molecule has 0 aliphatic heterocycles. The maximum Gasteiger partial charge on any atom is 0.307 e. The zero-order valence-corrected chi connectivity index (χ0v) is 16.0. The molecule has 1 aromatic carbocycles. The Labute approximate surface area is 164 Å². The van der Waals surface area contributed by atoms with Crippen LogP contribution in [0, 0.1) is 6.57 Å². The van der Waals surface area contributed by atoms with Crippen LogP contribution >= 0.6 is 23.1 Å². The Kier molecular flexibility index (Phi) is 6.06. The van der Waals surface area contributed by atoms with Crippen LogP contribution in [0.2, 0.25) is 0 Å². The van der Waals surface area contributed by atoms with Gasteiger partial charge in [0.25, 0.3) is 5.69 Å². The lowest BCUT2D eigenvalue weighted by Gasteiger charge is -2.09. The van der Waals surface area contributed by atoms with Crippen molar-refractivity contribution in [2.24, 2.45) is 0 Å². The fraction of sp³-hybridized carbons (Fsp3) is 0.158. The van der Waals surface area contributed by atoms with Crippen LogP contribution in [-0.4, -0.2) is 28.2 Å². The van der Waals surface area contributed by atoms with E-state index in [2.05, 4.69) is 14.8 Å². The van der Waals surface area contributed by atoms with Crippen LogP contribution in [0.3, 0.4) is 0 Å². The molecule has 1 N–H and O–H groups in total. The first-order valence-corrected chi connectivity index (χ1v) is 9.77. The average Bonchev–Trinajstić information content (AvgIpc) is 3.20. The molecule has 3 aromatic rings. The summed E-state index contributed by atoms with van der Waals surface area (Å²) in [7, 11) is 1.49. The molecule has 0 radical (unpaired) electrons. The van der Waals surface area contributed by atoms with Crippen LogP contribution in [0.25, 0.3) is 15.4 Å². The highest BCUT2D eigenvalue weighted by Gasteiger charge is 2.18. The monoisotopic (exact) mass is 397 g/mol. The lowest BCUT2D eigenvalue weighted by Crippen LogP contribution is -2.00. The maximum absolute atomic E-state index is 10.9. The van der Waals surface area contributed by atoms with Gasteiger partial charge in [-0.2, -0.15) is 4.98 Å². The molecule has 0 atom stereocenters. The number of hydrogen-bond donors (Lipinski definition) is 1. The van der Waals surface area contributed by atoms with Crippen molar-refractivity contribution >= 4 is 34.8 Å². The molecule has 0 aliphatic rings. The number of aromatic nitrogens is 2. The van der Waals surface area contributed by atoms with E-state index in [1.54, 1.807) is 6.07 Å². The Morgan fingerprint density at radius 3 is 2.78 bits per heavy atom. The number of thiophene rings is 1. The standard InChI is InChI=1S/C19H15N3O3S2/c1-20-17-16(14-7-4-8-26-14)21-19(22-18(17)25-2)27-11-13-6-3-5-12(9-13)10-15(23)24/h3-9H,10-11H2,2H3,(H,23,24). The molecular weight excluding hydrogens is 382 g/mol. The molecule has 0 unspecified atom stereocenters. The van der Waals surface area contributed by atoms with Crippen molar-refractivity contribution < 1.29 is 14.6 Å². The van der Waals surface area contributed by atoms with Gasteiger partial charge < -0.3 is 9.84 Å². The molecule has 6 nitrogen and oxygen atoms in total. The van der Waals surface area contributed by atoms with E-state index in [0.29, 0.717) is 22.3 Å². The number of methoxy groups -OCH3 is 1. The van der Waals surface area contributed by atoms with E-state index >= 15 is 0 Å². The first kappa shape index (κ1) is 18.9. The quantitative estimate of drug-likeness (QED) is 0.354. The summed E-state index contributed by atoms with van der Waals surface area (Å²) in [6, 6.07) is 11.2. The minimum absolute atomic E-state index is 0.00887. The Balaban J connectivity index is 1.86. The zero-order valence-electron chi connectivity index (χ0n) is 14.4. The summed E-state index contributed by atoms with van der Waals surface area (Å²) in [4.78, 5) is 24.2. The number of ether oxygens (including phenoxy) is 1. The Morgan fingerprint density at radius 1 is 1.30 bits per heavy atom. The first-order chi connectivity index (χ1) is 13.1. The number of hydrogen-bond acceptors (Lipinski definition) is 6. The molecule has 0 aliphatic carbocycles. The number of thioether (sulfide) groups is 1. The topological polar surface area (TPSA) is 76.7 Å². The van der Waals surface area contributed by atoms with Gasteiger partial charge in [0.2, 0.25) is 5.88 Å². The van der Waals surface area contributed by atoms with Gasteiger partial charge in [-0.05, 0) is 22.6 Å². The van der Waals surface area contributed by atoms with Gasteiger partial charge in [-0.15, -0.1) is 11.3 Å². The smallest absolute Gasteiger partial charge is 0.307 e. The van der Waals surface area contributed by atoms with Crippen LogP contribution in [0.15, 0.2) is 46.9 Å². The summed E-state index contributed by atoms with van der Waals surface area (Å²) in [6.07, 6.45) is -0.00887. The third kappa shape index (κ3) is 4.64. The van der Waals surface area contributed by atoms with Gasteiger partial charge in [-0.3, -0.25) is 4.79 Å². The number of carboxylic acid groups (broad SMARTS) is 1. The summed E-state index contributed by atoms with van der Waals surface area (Å²) in [5.74, 6) is -0.0218. The van der Waals surface area contributed by atoms with Crippen molar-refractivity contribution in [3.05, 3.63) is 64.3 Å². The van der Waals surface area contributed by atoms with Crippen molar-refractivity contribution in [1.29, 1.82) is 0 Å². The fourth-order valence-corrected chi connectivity index (χ4v) is 3.95. The van der Waals surface area contributed by atoms with E-state index in [1.165, 1.54) is 30.2 Å². The molecular formula is C19H15N3O3S2. The van der Waals surface area contributed by atoms with Gasteiger partial charge in [0.05, 0.1) is 25.8 Å². The lowest BCUT2D eigenvalue weighted by atomic mass is 10.1. The number of nitrogens with zero attached hydrogens (tertiary/aromatic N) is 3. The van der Waals surface area contributed by atoms with E-state index in [-0.39, 0.29) is 12.3 Å². The summed E-state index contributed by atoms with van der Waals surface area (Å²) >= 11 is 2.91. The number of aliphatic carboxylic acids is 1. The molecule has 0 bridgehead atoms. The van der Waals surface area contributed by atoms with Crippen LogP contribution in [-0.2, 0) is 17.0 Å². The molecule has 2 aromatic heterocycles. The third-order valence-electron chi connectivity index (χ3n) is 3.61. The second kappa shape index (κ2) is 8.66. The fourth-order valence-electron chi connectivity index (χ4n) is 2.46. The number of benzene rings is 1. The normalized spacial score (nSPS) is 10.4. The number of carbonyl (C=O) groups is 1. The van der Waals surface area contributed by atoms with Crippen molar-refractivity contribution in [3.8, 4) is 16.5 Å². The van der Waals surface area contributed by atoms with Crippen LogP contribution in [0.1, 0.15) is 11.1 Å². The van der Waals surface area contributed by atoms with E-state index < -0.39 is 5.97 Å². The molecule has 136 valence electrons. The molecule has 2 heterocycles. The van der Waals surface area contributed by atoms with Gasteiger partial charge in [0.15, 0.2) is 5.16 Å². The molecule has 27 heavy (non-hydrogen) atoms. The van der Waals surface area contributed by atoms with Gasteiger partial charge in [-0.25, -0.2) is 9.83 Å². The van der Waals surface area contributed by atoms with Gasteiger partial charge in [0, 0.05) is 10.6 Å². The molecule has 3 rings (SSSR count). The number of rotatable bonds is 7. The minimum Gasteiger partial charge on any atom is -0.490 e. The van der Waals surface area contributed by atoms with Crippen LogP contribution in [0.4, 0.5) is 5.69 Å². The highest BCUT2D eigenvalue weighted by atomic mass is 32.2. The predicted octanol–water partition coefficient (Wildman–Crippen LogP) is 4.68. The highest BCUT2D eigenvalue weighted by molar-refractivity contribution is 7.98. The maximum atomic E-state index is 10.9. The SMILES string of the molecule is [C-]#[N+]c1c(OC)nc(SCc2cccc(CC(=O)O)c2)nc1-c1cccs1. The Hall–Kier alpha value is -2.89. The van der Waals surface area contributed by atoms with Crippen molar-refractivity contribution in [2.45, 2.75) is 17.3 Å². The molecule has 0 spiro atoms. The highest BCUT2D eigenvalue weighted by Crippen LogP contribution is 2.39. The Morgan fingerprint density at radius 2 is 2.11 bits per heavy atom. The van der Waals surface area contributed by atoms with E-state index in [0.717, 1.165) is 16.0 Å². The van der Waals surface area contributed by atoms with Crippen LogP contribution < -0.4 is 4.74 Å². The number of carboxylic acids is 1. The molecule has 8 heteroatoms. The van der Waals surface area contributed by atoms with Crippen LogP contribution in [0.5, 0.6) is 5.88 Å². The Bertz CT molecular complexity index is 998. The van der Waals surface area contributed by atoms with Gasteiger partial charge >= 0.3 is 5.97 Å². The van der Waals surface area contributed by atoms with Crippen molar-refractivity contribution in [2.75, 3.05) is 7.11 Å². The summed E-state index contributed by atoms with van der Waals surface area (Å²) in [6.45, 7) is 7.43. The second-order valence-corrected chi connectivity index (χ2v) is 7.37. The van der Waals surface area contributed by atoms with Crippen molar-refractivity contribution in [3.63, 3.8) is 0 Å². The minimum atomic E-state index is -0.858. The summed E-state index contributed by atoms with van der Waals surface area (Å²) in [5.41, 5.74) is 2.59. The average molecular weight is 397 g/mol. The van der Waals surface area contributed by atoms with E-state index in [4.69, 9.17) is 16.4 Å².